The van der Waals surface area contributed by atoms with Crippen LogP contribution in [-0.4, -0.2) is 52.1 Å². The minimum atomic E-state index is -5.09. The van der Waals surface area contributed by atoms with Gasteiger partial charge >= 0.3 is 11.9 Å². The van der Waals surface area contributed by atoms with Crippen molar-refractivity contribution < 1.29 is 49.7 Å². The predicted octanol–water partition coefficient (Wildman–Crippen LogP) is 2.50. The first-order valence-corrected chi connectivity index (χ1v) is 11.3. The molecule has 0 aliphatic rings. The van der Waals surface area contributed by atoms with Crippen LogP contribution in [0.4, 0.5) is 0 Å². The van der Waals surface area contributed by atoms with Crippen molar-refractivity contribution in [3.8, 4) is 11.5 Å². The van der Waals surface area contributed by atoms with Gasteiger partial charge in [-0.2, -0.15) is 16.8 Å². The van der Waals surface area contributed by atoms with Gasteiger partial charge in [-0.1, -0.05) is 23.2 Å². The molecule has 0 spiro atoms. The number of hydrogen-bond donors (Lipinski definition) is 2. The monoisotopic (exact) mass is 514 g/mol. The molecule has 2 N–H and O–H groups in total. The molecule has 0 saturated carbocycles. The Morgan fingerprint density at radius 3 is 1.32 bits per heavy atom. The Hall–Kier alpha value is -2.42. The second kappa shape index (κ2) is 8.98. The molecule has 0 bridgehead atoms. The third-order valence-corrected chi connectivity index (χ3v) is 6.12. The zero-order valence-corrected chi connectivity index (χ0v) is 18.6. The van der Waals surface area contributed by atoms with Crippen molar-refractivity contribution in [1.82, 2.24) is 0 Å². The van der Waals surface area contributed by atoms with E-state index in [2.05, 4.69) is 4.74 Å². The maximum absolute atomic E-state index is 12.5. The van der Waals surface area contributed by atoms with Gasteiger partial charge in [-0.15, -0.1) is 0 Å². The smallest absolute Gasteiger partial charge is 0.347 e. The largest absolute Gasteiger partial charge is 0.494 e. The molecular formula is C16H12Cl2O11S2. The normalized spacial score (nSPS) is 11.7. The van der Waals surface area contributed by atoms with Gasteiger partial charge in [-0.3, -0.25) is 9.11 Å². The summed E-state index contributed by atoms with van der Waals surface area (Å²) in [6, 6.07) is 3.72. The van der Waals surface area contributed by atoms with E-state index in [-0.39, 0.29) is 10.0 Å². The first-order valence-electron chi connectivity index (χ1n) is 7.68. The Balaban J connectivity index is 2.61. The Kier molecular flexibility index (Phi) is 7.20. The van der Waals surface area contributed by atoms with Gasteiger partial charge in [0.1, 0.15) is 0 Å². The Bertz CT molecular complexity index is 1190. The number of hydrogen-bond acceptors (Lipinski definition) is 9. The minimum Gasteiger partial charge on any atom is -0.494 e. The van der Waals surface area contributed by atoms with Crippen molar-refractivity contribution in [3.05, 3.63) is 45.4 Å². The van der Waals surface area contributed by atoms with Crippen LogP contribution in [0.5, 0.6) is 11.5 Å². The highest BCUT2D eigenvalue weighted by Gasteiger charge is 2.33. The molecule has 0 amide bonds. The predicted molar refractivity (Wildman–Crippen MR) is 105 cm³/mol. The van der Waals surface area contributed by atoms with Crippen LogP contribution in [0, 0.1) is 0 Å². The number of methoxy groups -OCH3 is 2. The average molecular weight is 515 g/mol. The van der Waals surface area contributed by atoms with Crippen LogP contribution >= 0.6 is 23.2 Å². The molecule has 0 radical (unpaired) electrons. The lowest BCUT2D eigenvalue weighted by molar-refractivity contribution is 0.0390. The third-order valence-electron chi connectivity index (χ3n) is 3.68. The van der Waals surface area contributed by atoms with Crippen molar-refractivity contribution in [2.24, 2.45) is 0 Å². The fourth-order valence-electron chi connectivity index (χ4n) is 2.49. The molecule has 0 aliphatic heterocycles. The zero-order valence-electron chi connectivity index (χ0n) is 15.5. The summed E-state index contributed by atoms with van der Waals surface area (Å²) >= 11 is 11.6. The van der Waals surface area contributed by atoms with Crippen molar-refractivity contribution >= 4 is 55.4 Å². The van der Waals surface area contributed by atoms with Crippen LogP contribution in [0.3, 0.4) is 0 Å². The molecule has 0 atom stereocenters. The fraction of sp³-hybridized carbons (Fsp3) is 0.125. The van der Waals surface area contributed by atoms with Gasteiger partial charge in [0.15, 0.2) is 21.3 Å². The zero-order chi connectivity index (χ0) is 23.7. The first-order chi connectivity index (χ1) is 14.2. The Morgan fingerprint density at radius 2 is 1.06 bits per heavy atom. The van der Waals surface area contributed by atoms with Crippen LogP contribution in [0.1, 0.15) is 20.7 Å². The fourth-order valence-corrected chi connectivity index (χ4v) is 4.78. The van der Waals surface area contributed by atoms with Gasteiger partial charge in [-0.05, 0) is 24.3 Å². The Morgan fingerprint density at radius 1 is 0.742 bits per heavy atom. The van der Waals surface area contributed by atoms with E-state index in [0.29, 0.717) is 0 Å². The molecule has 11 nitrogen and oxygen atoms in total. The summed E-state index contributed by atoms with van der Waals surface area (Å²) in [5.41, 5.74) is -1.68. The molecule has 168 valence electrons. The first kappa shape index (κ1) is 24.8. The van der Waals surface area contributed by atoms with Crippen LogP contribution in [0.15, 0.2) is 34.1 Å². The third kappa shape index (κ3) is 5.08. The molecule has 31 heavy (non-hydrogen) atoms. The van der Waals surface area contributed by atoms with E-state index in [0.717, 1.165) is 38.5 Å². The summed E-state index contributed by atoms with van der Waals surface area (Å²) in [7, 11) is -8.16. The molecule has 0 aliphatic carbocycles. The highest BCUT2D eigenvalue weighted by atomic mass is 35.5. The molecule has 2 aromatic carbocycles. The van der Waals surface area contributed by atoms with Gasteiger partial charge < -0.3 is 14.2 Å². The second-order valence-corrected chi connectivity index (χ2v) is 9.07. The summed E-state index contributed by atoms with van der Waals surface area (Å²) in [4.78, 5) is 22.8. The molecule has 0 fully saturated rings. The lowest BCUT2D eigenvalue weighted by Crippen LogP contribution is -2.19. The van der Waals surface area contributed by atoms with Crippen molar-refractivity contribution in [2.45, 2.75) is 9.79 Å². The number of benzene rings is 2. The standard InChI is InChI=1S/C16H12Cl2O11S2/c1-27-11-9(17)5-3-7(13(11)30(21,22)23)15(19)29-16(20)8-4-6-10(18)12(28-2)14(8)31(24,25)26/h3-6H,1-2H3,(H,21,22,23)(H,24,25,26). The number of ether oxygens (including phenoxy) is 3. The SMILES string of the molecule is COc1c(Cl)ccc(C(=O)OC(=O)c2ccc(Cl)c(OC)c2S(=O)(=O)O)c1S(=O)(=O)O. The van der Waals surface area contributed by atoms with Crippen LogP contribution in [-0.2, 0) is 25.0 Å². The highest BCUT2D eigenvalue weighted by Crippen LogP contribution is 2.37. The lowest BCUT2D eigenvalue weighted by atomic mass is 10.2. The summed E-state index contributed by atoms with van der Waals surface area (Å²) in [6.45, 7) is 0. The van der Waals surface area contributed by atoms with Crippen molar-refractivity contribution in [2.75, 3.05) is 14.2 Å². The summed E-state index contributed by atoms with van der Waals surface area (Å²) in [5, 5.41) is -0.566. The van der Waals surface area contributed by atoms with E-state index < -0.39 is 64.6 Å². The average Bonchev–Trinajstić information content (AvgIpc) is 2.65. The maximum atomic E-state index is 12.5. The summed E-state index contributed by atoms with van der Waals surface area (Å²) in [6.07, 6.45) is 0. The molecule has 0 heterocycles. The number of esters is 2. The van der Waals surface area contributed by atoms with Crippen molar-refractivity contribution in [1.29, 1.82) is 0 Å². The summed E-state index contributed by atoms with van der Waals surface area (Å²) in [5.74, 6) is -4.42. The molecule has 2 aromatic rings. The molecule has 0 saturated heterocycles. The summed E-state index contributed by atoms with van der Waals surface area (Å²) < 4.78 is 80.0. The molecular weight excluding hydrogens is 503 g/mol. The van der Waals surface area contributed by atoms with Gasteiger partial charge in [0.2, 0.25) is 0 Å². The van der Waals surface area contributed by atoms with Gasteiger partial charge in [-0.25, -0.2) is 9.59 Å². The van der Waals surface area contributed by atoms with Gasteiger partial charge in [0.05, 0.1) is 35.4 Å². The van der Waals surface area contributed by atoms with E-state index in [9.17, 15) is 35.5 Å². The van der Waals surface area contributed by atoms with E-state index >= 15 is 0 Å². The number of carbonyl (C=O) groups excluding carboxylic acids is 2. The lowest BCUT2D eigenvalue weighted by Gasteiger charge is -2.14. The van der Waals surface area contributed by atoms with E-state index in [1.807, 2.05) is 0 Å². The number of rotatable bonds is 6. The van der Waals surface area contributed by atoms with E-state index in [1.54, 1.807) is 0 Å². The number of halogens is 2. The van der Waals surface area contributed by atoms with Gasteiger partial charge in [0, 0.05) is 0 Å². The van der Waals surface area contributed by atoms with Crippen LogP contribution < -0.4 is 9.47 Å². The van der Waals surface area contributed by atoms with Crippen LogP contribution in [0.2, 0.25) is 10.0 Å². The Labute approximate surface area is 185 Å². The topological polar surface area (TPSA) is 171 Å². The van der Waals surface area contributed by atoms with E-state index in [1.165, 1.54) is 0 Å². The molecule has 2 rings (SSSR count). The molecule has 0 aromatic heterocycles. The quantitative estimate of drug-likeness (QED) is 0.329. The molecule has 15 heteroatoms. The van der Waals surface area contributed by atoms with E-state index in [4.69, 9.17) is 32.7 Å². The molecule has 0 unspecified atom stereocenters. The van der Waals surface area contributed by atoms with Gasteiger partial charge in [0.25, 0.3) is 20.2 Å². The minimum absolute atomic E-state index is 0.283. The second-order valence-electron chi connectivity index (χ2n) is 5.54. The number of carbonyl (C=O) groups is 2. The van der Waals surface area contributed by atoms with Crippen molar-refractivity contribution in [3.63, 3.8) is 0 Å². The maximum Gasteiger partial charge on any atom is 0.347 e. The highest BCUT2D eigenvalue weighted by molar-refractivity contribution is 7.86. The van der Waals surface area contributed by atoms with Crippen LogP contribution in [0.25, 0.3) is 0 Å².